The number of carbonyl (C=O) groups is 1. The molecule has 1 aliphatic rings. The summed E-state index contributed by atoms with van der Waals surface area (Å²) in [6.45, 7) is 0. The summed E-state index contributed by atoms with van der Waals surface area (Å²) in [5.74, 6) is 0.0579. The Morgan fingerprint density at radius 3 is 2.75 bits per heavy atom. The van der Waals surface area contributed by atoms with Crippen molar-refractivity contribution in [3.8, 4) is 0 Å². The van der Waals surface area contributed by atoms with Gasteiger partial charge in [-0.2, -0.15) is 0 Å². The third-order valence-electron chi connectivity index (χ3n) is 3.31. The Hall–Kier alpha value is -1.76. The summed E-state index contributed by atoms with van der Waals surface area (Å²) in [5.41, 5.74) is 10.6. The summed E-state index contributed by atoms with van der Waals surface area (Å²) < 4.78 is 1.12. The largest absolute Gasteiger partial charge is 0.397 e. The van der Waals surface area contributed by atoms with E-state index < -0.39 is 0 Å². The van der Waals surface area contributed by atoms with Crippen LogP contribution in [0.2, 0.25) is 0 Å². The predicted molar refractivity (Wildman–Crippen MR) is 90.2 cm³/mol. The summed E-state index contributed by atoms with van der Waals surface area (Å²) in [6, 6.07) is 11.8. The molecule has 102 valence electrons. The molecular weight excluding hydrogens is 365 g/mol. The highest BCUT2D eigenvalue weighted by atomic mass is 127. The van der Waals surface area contributed by atoms with E-state index >= 15 is 0 Å². The molecule has 0 spiro atoms. The van der Waals surface area contributed by atoms with Crippen molar-refractivity contribution in [3.05, 3.63) is 45.5 Å². The maximum atomic E-state index is 11.5. The summed E-state index contributed by atoms with van der Waals surface area (Å²) in [5, 5.41) is 6.21. The fourth-order valence-corrected chi connectivity index (χ4v) is 2.79. The van der Waals surface area contributed by atoms with E-state index in [0.717, 1.165) is 32.6 Å². The van der Waals surface area contributed by atoms with E-state index in [-0.39, 0.29) is 5.91 Å². The topological polar surface area (TPSA) is 67.2 Å². The molecule has 0 bridgehead atoms. The number of aryl methyl sites for hydroxylation is 1. The second kappa shape index (κ2) is 5.32. The SMILES string of the molecule is Nc1cc2c(cc1Nc1ccccc1I)NC(=O)CC2. The Balaban J connectivity index is 1.96. The van der Waals surface area contributed by atoms with Crippen LogP contribution in [0.25, 0.3) is 0 Å². The second-order valence-corrected chi connectivity index (χ2v) is 5.91. The summed E-state index contributed by atoms with van der Waals surface area (Å²) in [6.07, 6.45) is 1.27. The van der Waals surface area contributed by atoms with Crippen LogP contribution in [0, 0.1) is 3.57 Å². The first-order valence-corrected chi connectivity index (χ1v) is 7.45. The number of nitrogen functional groups attached to an aromatic ring is 1. The highest BCUT2D eigenvalue weighted by Crippen LogP contribution is 2.33. The molecule has 1 aliphatic heterocycles. The monoisotopic (exact) mass is 379 g/mol. The number of benzene rings is 2. The van der Waals surface area contributed by atoms with Gasteiger partial charge in [0, 0.05) is 15.7 Å². The first-order chi connectivity index (χ1) is 9.63. The number of rotatable bonds is 2. The van der Waals surface area contributed by atoms with Gasteiger partial charge in [0.2, 0.25) is 5.91 Å². The van der Waals surface area contributed by atoms with Gasteiger partial charge in [-0.15, -0.1) is 0 Å². The quantitative estimate of drug-likeness (QED) is 0.553. The van der Waals surface area contributed by atoms with Crippen LogP contribution in [0.3, 0.4) is 0 Å². The van der Waals surface area contributed by atoms with Crippen molar-refractivity contribution in [3.63, 3.8) is 0 Å². The van der Waals surface area contributed by atoms with Gasteiger partial charge in [-0.1, -0.05) is 12.1 Å². The van der Waals surface area contributed by atoms with Gasteiger partial charge in [-0.3, -0.25) is 4.79 Å². The lowest BCUT2D eigenvalue weighted by Gasteiger charge is -2.20. The Bertz CT molecular complexity index is 685. The molecule has 0 saturated carbocycles. The molecule has 5 heteroatoms. The Labute approximate surface area is 130 Å². The van der Waals surface area contributed by atoms with Crippen LogP contribution in [0.5, 0.6) is 0 Å². The molecule has 0 aromatic heterocycles. The molecule has 2 aromatic carbocycles. The minimum atomic E-state index is 0.0579. The van der Waals surface area contributed by atoms with E-state index in [1.54, 1.807) is 0 Å². The van der Waals surface area contributed by atoms with Crippen LogP contribution in [0.15, 0.2) is 36.4 Å². The molecule has 0 saturated heterocycles. The molecule has 4 nitrogen and oxygen atoms in total. The molecular formula is C15H14IN3O. The van der Waals surface area contributed by atoms with Gasteiger partial charge in [0.05, 0.1) is 17.1 Å². The van der Waals surface area contributed by atoms with Crippen molar-refractivity contribution in [2.75, 3.05) is 16.4 Å². The van der Waals surface area contributed by atoms with Gasteiger partial charge < -0.3 is 16.4 Å². The molecule has 1 amide bonds. The normalized spacial score (nSPS) is 13.6. The molecule has 0 aliphatic carbocycles. The van der Waals surface area contributed by atoms with Crippen LogP contribution >= 0.6 is 22.6 Å². The zero-order chi connectivity index (χ0) is 14.1. The molecule has 4 N–H and O–H groups in total. The van der Waals surface area contributed by atoms with E-state index in [4.69, 9.17) is 5.73 Å². The summed E-state index contributed by atoms with van der Waals surface area (Å²) in [4.78, 5) is 11.5. The average molecular weight is 379 g/mol. The first-order valence-electron chi connectivity index (χ1n) is 6.37. The smallest absolute Gasteiger partial charge is 0.224 e. The van der Waals surface area contributed by atoms with E-state index in [9.17, 15) is 4.79 Å². The van der Waals surface area contributed by atoms with E-state index in [1.165, 1.54) is 0 Å². The number of halogens is 1. The van der Waals surface area contributed by atoms with Crippen molar-refractivity contribution in [2.24, 2.45) is 0 Å². The van der Waals surface area contributed by atoms with Crippen molar-refractivity contribution >= 4 is 51.2 Å². The fraction of sp³-hybridized carbons (Fsp3) is 0.133. The summed E-state index contributed by atoms with van der Waals surface area (Å²) in [7, 11) is 0. The second-order valence-electron chi connectivity index (χ2n) is 4.75. The molecule has 20 heavy (non-hydrogen) atoms. The number of amides is 1. The van der Waals surface area contributed by atoms with E-state index in [2.05, 4.69) is 33.2 Å². The van der Waals surface area contributed by atoms with Crippen molar-refractivity contribution in [1.29, 1.82) is 0 Å². The van der Waals surface area contributed by atoms with E-state index in [1.807, 2.05) is 36.4 Å². The highest BCUT2D eigenvalue weighted by molar-refractivity contribution is 14.1. The highest BCUT2D eigenvalue weighted by Gasteiger charge is 2.16. The zero-order valence-corrected chi connectivity index (χ0v) is 12.9. The number of carbonyl (C=O) groups excluding carboxylic acids is 1. The first kappa shape index (κ1) is 13.2. The molecule has 1 heterocycles. The van der Waals surface area contributed by atoms with Crippen molar-refractivity contribution < 1.29 is 4.79 Å². The molecule has 0 unspecified atom stereocenters. The van der Waals surface area contributed by atoms with Gasteiger partial charge in [-0.05, 0) is 58.8 Å². The van der Waals surface area contributed by atoms with Crippen LogP contribution in [-0.2, 0) is 11.2 Å². The van der Waals surface area contributed by atoms with E-state index in [0.29, 0.717) is 12.1 Å². The van der Waals surface area contributed by atoms with Gasteiger partial charge in [-0.25, -0.2) is 0 Å². The lowest BCUT2D eigenvalue weighted by Crippen LogP contribution is -2.19. The fourth-order valence-electron chi connectivity index (χ4n) is 2.26. The van der Waals surface area contributed by atoms with Gasteiger partial charge in [0.1, 0.15) is 0 Å². The standard InChI is InChI=1S/C15H14IN3O/c16-10-3-1-2-4-12(10)18-14-8-13-9(7-11(14)17)5-6-15(20)19-13/h1-4,7-8,18H,5-6,17H2,(H,19,20). The molecule has 3 rings (SSSR count). The maximum Gasteiger partial charge on any atom is 0.224 e. The average Bonchev–Trinajstić information content (AvgIpc) is 2.42. The van der Waals surface area contributed by atoms with Crippen LogP contribution in [0.1, 0.15) is 12.0 Å². The number of para-hydroxylation sites is 1. The lowest BCUT2D eigenvalue weighted by atomic mass is 10.0. The molecule has 0 atom stereocenters. The zero-order valence-electron chi connectivity index (χ0n) is 10.7. The predicted octanol–water partition coefficient (Wildman–Crippen LogP) is 3.50. The molecule has 0 fully saturated rings. The lowest BCUT2D eigenvalue weighted by molar-refractivity contribution is -0.116. The number of hydrogen-bond acceptors (Lipinski definition) is 3. The molecule has 2 aromatic rings. The number of anilines is 4. The number of nitrogens with two attached hydrogens (primary N) is 1. The van der Waals surface area contributed by atoms with Crippen molar-refractivity contribution in [2.45, 2.75) is 12.8 Å². The third-order valence-corrected chi connectivity index (χ3v) is 4.25. The third kappa shape index (κ3) is 2.58. The number of nitrogens with one attached hydrogen (secondary N) is 2. The minimum Gasteiger partial charge on any atom is -0.397 e. The van der Waals surface area contributed by atoms with Crippen molar-refractivity contribution in [1.82, 2.24) is 0 Å². The van der Waals surface area contributed by atoms with Gasteiger partial charge in [0.15, 0.2) is 0 Å². The van der Waals surface area contributed by atoms with Crippen LogP contribution in [0.4, 0.5) is 22.7 Å². The minimum absolute atomic E-state index is 0.0579. The Kier molecular flexibility index (Phi) is 3.52. The maximum absolute atomic E-state index is 11.5. The Morgan fingerprint density at radius 1 is 1.15 bits per heavy atom. The number of fused-ring (bicyclic) bond motifs is 1. The molecule has 0 radical (unpaired) electrons. The summed E-state index contributed by atoms with van der Waals surface area (Å²) >= 11 is 2.27. The van der Waals surface area contributed by atoms with Gasteiger partial charge in [0.25, 0.3) is 0 Å². The van der Waals surface area contributed by atoms with Gasteiger partial charge >= 0.3 is 0 Å². The van der Waals surface area contributed by atoms with Crippen LogP contribution in [-0.4, -0.2) is 5.91 Å². The number of hydrogen-bond donors (Lipinski definition) is 3. The van der Waals surface area contributed by atoms with Crippen LogP contribution < -0.4 is 16.4 Å². The Morgan fingerprint density at radius 2 is 1.95 bits per heavy atom.